The summed E-state index contributed by atoms with van der Waals surface area (Å²) in [5, 5.41) is 6.67. The van der Waals surface area contributed by atoms with Gasteiger partial charge in [0.15, 0.2) is 0 Å². The average Bonchev–Trinajstić information content (AvgIpc) is 2.92. The number of rotatable bonds is 5. The van der Waals surface area contributed by atoms with Crippen molar-refractivity contribution in [2.24, 2.45) is 0 Å². The summed E-state index contributed by atoms with van der Waals surface area (Å²) >= 11 is 0. The van der Waals surface area contributed by atoms with Gasteiger partial charge in [0, 0.05) is 25.2 Å². The van der Waals surface area contributed by atoms with Gasteiger partial charge in [0.2, 0.25) is 0 Å². The molecule has 1 aliphatic heterocycles. The number of carbonyl (C=O) groups is 1. The fourth-order valence-corrected chi connectivity index (χ4v) is 3.35. The first kappa shape index (κ1) is 17.5. The van der Waals surface area contributed by atoms with Gasteiger partial charge in [-0.05, 0) is 72.4 Å². The molecule has 1 saturated carbocycles. The quantitative estimate of drug-likeness (QED) is 0.819. The topological polar surface area (TPSA) is 53.6 Å². The van der Waals surface area contributed by atoms with Crippen LogP contribution in [-0.4, -0.2) is 54.9 Å². The number of nitrogens with zero attached hydrogens (tertiary/aromatic N) is 1. The highest BCUT2D eigenvalue weighted by Gasteiger charge is 2.24. The van der Waals surface area contributed by atoms with Gasteiger partial charge >= 0.3 is 6.09 Å². The van der Waals surface area contributed by atoms with E-state index < -0.39 is 5.60 Å². The van der Waals surface area contributed by atoms with Gasteiger partial charge in [0.1, 0.15) is 5.60 Å². The lowest BCUT2D eigenvalue weighted by Gasteiger charge is -2.31. The second-order valence-corrected chi connectivity index (χ2v) is 7.70. The number of alkyl carbamates (subject to hydrolysis) is 1. The van der Waals surface area contributed by atoms with E-state index in [2.05, 4.69) is 15.5 Å². The van der Waals surface area contributed by atoms with Gasteiger partial charge in [-0.2, -0.15) is 0 Å². The molecule has 0 unspecified atom stereocenters. The maximum Gasteiger partial charge on any atom is 0.407 e. The summed E-state index contributed by atoms with van der Waals surface area (Å²) in [6.07, 6.45) is 6.81. The van der Waals surface area contributed by atoms with E-state index in [0.717, 1.165) is 32.2 Å². The van der Waals surface area contributed by atoms with E-state index in [1.54, 1.807) is 0 Å². The molecule has 2 N–H and O–H groups in total. The second kappa shape index (κ2) is 8.16. The van der Waals surface area contributed by atoms with Crippen LogP contribution in [0.3, 0.4) is 0 Å². The minimum atomic E-state index is -0.418. The summed E-state index contributed by atoms with van der Waals surface area (Å²) in [7, 11) is 0. The molecule has 0 bridgehead atoms. The zero-order valence-corrected chi connectivity index (χ0v) is 14.5. The van der Waals surface area contributed by atoms with Crippen molar-refractivity contribution in [3.05, 3.63) is 0 Å². The van der Waals surface area contributed by atoms with Crippen molar-refractivity contribution in [2.75, 3.05) is 26.2 Å². The zero-order valence-electron chi connectivity index (χ0n) is 14.5. The van der Waals surface area contributed by atoms with E-state index in [4.69, 9.17) is 4.74 Å². The van der Waals surface area contributed by atoms with E-state index in [9.17, 15) is 4.79 Å². The Kier molecular flexibility index (Phi) is 6.50. The van der Waals surface area contributed by atoms with Crippen molar-refractivity contribution >= 4 is 6.09 Å². The first-order valence-corrected chi connectivity index (χ1v) is 8.87. The molecule has 0 radical (unpaired) electrons. The van der Waals surface area contributed by atoms with Crippen LogP contribution in [0.4, 0.5) is 4.79 Å². The Morgan fingerprint density at radius 2 is 1.68 bits per heavy atom. The SMILES string of the molecule is CC(C)(C)OC(=O)NC1CCC(NCCN2CCCC2)CC1. The van der Waals surface area contributed by atoms with Gasteiger partial charge in [0.05, 0.1) is 0 Å². The standard InChI is InChI=1S/C17H33N3O2/c1-17(2,3)22-16(21)19-15-8-6-14(7-9-15)18-10-13-20-11-4-5-12-20/h14-15,18H,4-13H2,1-3H3,(H,19,21). The van der Waals surface area contributed by atoms with Gasteiger partial charge < -0.3 is 20.3 Å². The second-order valence-electron chi connectivity index (χ2n) is 7.70. The van der Waals surface area contributed by atoms with Crippen molar-refractivity contribution in [3.8, 4) is 0 Å². The van der Waals surface area contributed by atoms with E-state index in [-0.39, 0.29) is 12.1 Å². The number of likely N-dealkylation sites (tertiary alicyclic amines) is 1. The largest absolute Gasteiger partial charge is 0.444 e. The van der Waals surface area contributed by atoms with Crippen LogP contribution < -0.4 is 10.6 Å². The zero-order chi connectivity index (χ0) is 16.0. The summed E-state index contributed by atoms with van der Waals surface area (Å²) in [5.41, 5.74) is -0.418. The molecule has 5 heteroatoms. The van der Waals surface area contributed by atoms with Crippen molar-refractivity contribution in [1.82, 2.24) is 15.5 Å². The molecule has 1 aliphatic carbocycles. The maximum absolute atomic E-state index is 11.8. The fourth-order valence-electron chi connectivity index (χ4n) is 3.35. The molecule has 0 aromatic rings. The molecular formula is C17H33N3O2. The first-order valence-electron chi connectivity index (χ1n) is 8.87. The molecule has 1 amide bonds. The van der Waals surface area contributed by atoms with Crippen molar-refractivity contribution in [1.29, 1.82) is 0 Å². The highest BCUT2D eigenvalue weighted by Crippen LogP contribution is 2.19. The van der Waals surface area contributed by atoms with E-state index >= 15 is 0 Å². The lowest BCUT2D eigenvalue weighted by atomic mass is 9.91. The average molecular weight is 311 g/mol. The Labute approximate surface area is 135 Å². The maximum atomic E-state index is 11.8. The van der Waals surface area contributed by atoms with Crippen LogP contribution in [0.15, 0.2) is 0 Å². The van der Waals surface area contributed by atoms with Crippen molar-refractivity contribution in [3.63, 3.8) is 0 Å². The molecule has 2 aliphatic rings. The molecule has 2 rings (SSSR count). The van der Waals surface area contributed by atoms with Gasteiger partial charge in [-0.3, -0.25) is 0 Å². The fraction of sp³-hybridized carbons (Fsp3) is 0.941. The van der Waals surface area contributed by atoms with Gasteiger partial charge in [-0.1, -0.05) is 0 Å². The molecule has 0 aromatic carbocycles. The Balaban J connectivity index is 1.56. The van der Waals surface area contributed by atoms with Crippen LogP contribution in [0.1, 0.15) is 59.3 Å². The molecule has 2 fully saturated rings. The highest BCUT2D eigenvalue weighted by atomic mass is 16.6. The normalized spacial score (nSPS) is 26.9. The van der Waals surface area contributed by atoms with E-state index in [0.29, 0.717) is 6.04 Å². The number of hydrogen-bond acceptors (Lipinski definition) is 4. The Bertz CT molecular complexity index is 340. The van der Waals surface area contributed by atoms with Gasteiger partial charge in [-0.15, -0.1) is 0 Å². The van der Waals surface area contributed by atoms with Gasteiger partial charge in [0.25, 0.3) is 0 Å². The predicted molar refractivity (Wildman–Crippen MR) is 89.1 cm³/mol. The Hall–Kier alpha value is -0.810. The minimum Gasteiger partial charge on any atom is -0.444 e. The van der Waals surface area contributed by atoms with Crippen LogP contribution >= 0.6 is 0 Å². The lowest BCUT2D eigenvalue weighted by Crippen LogP contribution is -2.45. The molecule has 0 spiro atoms. The Morgan fingerprint density at radius 1 is 1.09 bits per heavy atom. The smallest absolute Gasteiger partial charge is 0.407 e. The van der Waals surface area contributed by atoms with Crippen molar-refractivity contribution < 1.29 is 9.53 Å². The van der Waals surface area contributed by atoms with Crippen LogP contribution in [0, 0.1) is 0 Å². The van der Waals surface area contributed by atoms with Crippen LogP contribution in [0.2, 0.25) is 0 Å². The molecule has 22 heavy (non-hydrogen) atoms. The third-order valence-corrected chi connectivity index (χ3v) is 4.51. The first-order chi connectivity index (χ1) is 10.4. The molecule has 0 atom stereocenters. The summed E-state index contributed by atoms with van der Waals surface area (Å²) in [6, 6.07) is 0.880. The number of carbonyl (C=O) groups excluding carboxylic acids is 1. The monoisotopic (exact) mass is 311 g/mol. The van der Waals surface area contributed by atoms with Crippen LogP contribution in [0.5, 0.6) is 0 Å². The number of amides is 1. The van der Waals surface area contributed by atoms with Crippen molar-refractivity contribution in [2.45, 2.75) is 77.0 Å². The minimum absolute atomic E-state index is 0.270. The summed E-state index contributed by atoms with van der Waals surface area (Å²) in [4.78, 5) is 14.3. The molecule has 5 nitrogen and oxygen atoms in total. The molecule has 0 aromatic heterocycles. The molecule has 128 valence electrons. The molecular weight excluding hydrogens is 278 g/mol. The number of nitrogens with one attached hydrogen (secondary N) is 2. The van der Waals surface area contributed by atoms with Crippen LogP contribution in [0.25, 0.3) is 0 Å². The lowest BCUT2D eigenvalue weighted by molar-refractivity contribution is 0.0489. The van der Waals surface area contributed by atoms with Gasteiger partial charge in [-0.25, -0.2) is 4.79 Å². The Morgan fingerprint density at radius 3 is 2.27 bits per heavy atom. The summed E-state index contributed by atoms with van der Waals surface area (Å²) in [6.45, 7) is 10.5. The summed E-state index contributed by atoms with van der Waals surface area (Å²) in [5.74, 6) is 0. The van der Waals surface area contributed by atoms with E-state index in [1.807, 2.05) is 20.8 Å². The van der Waals surface area contributed by atoms with Crippen LogP contribution in [-0.2, 0) is 4.74 Å². The summed E-state index contributed by atoms with van der Waals surface area (Å²) < 4.78 is 5.32. The van der Waals surface area contributed by atoms with E-state index in [1.165, 1.54) is 32.5 Å². The third-order valence-electron chi connectivity index (χ3n) is 4.51. The molecule has 1 heterocycles. The third kappa shape index (κ3) is 6.53. The molecule has 1 saturated heterocycles. The highest BCUT2D eigenvalue weighted by molar-refractivity contribution is 5.68. The predicted octanol–water partition coefficient (Wildman–Crippen LogP) is 2.51. The number of ether oxygens (including phenoxy) is 1. The number of hydrogen-bond donors (Lipinski definition) is 2.